The Morgan fingerprint density at radius 2 is 2.05 bits per heavy atom. The molecule has 1 N–H and O–H groups in total. The van der Waals surface area contributed by atoms with Crippen LogP contribution in [0.1, 0.15) is 19.8 Å². The smallest absolute Gasteiger partial charge is 0.252 e. The molecule has 0 aromatic carbocycles. The van der Waals surface area contributed by atoms with Crippen LogP contribution in [0.5, 0.6) is 0 Å². The highest BCUT2D eigenvalue weighted by Crippen LogP contribution is 2.29. The molecule has 0 saturated carbocycles. The number of thiophene rings is 1. The Kier molecular flexibility index (Phi) is 4.65. The van der Waals surface area contributed by atoms with Gasteiger partial charge in [0.15, 0.2) is 0 Å². The molecule has 0 radical (unpaired) electrons. The van der Waals surface area contributed by atoms with Crippen molar-refractivity contribution in [3.63, 3.8) is 0 Å². The Labute approximate surface area is 125 Å². The van der Waals surface area contributed by atoms with Gasteiger partial charge in [0.1, 0.15) is 4.21 Å². The summed E-state index contributed by atoms with van der Waals surface area (Å²) in [6, 6.07) is 3.44. The number of rotatable bonds is 3. The van der Waals surface area contributed by atoms with Crippen LogP contribution in [0, 0.1) is 0 Å². The van der Waals surface area contributed by atoms with Gasteiger partial charge < -0.3 is 5.32 Å². The van der Waals surface area contributed by atoms with E-state index in [9.17, 15) is 13.2 Å². The minimum Gasteiger partial charge on any atom is -0.354 e. The molecule has 5 nitrogen and oxygen atoms in total. The van der Waals surface area contributed by atoms with Crippen LogP contribution in [-0.2, 0) is 14.8 Å². The second-order valence-electron chi connectivity index (χ2n) is 4.44. The van der Waals surface area contributed by atoms with Crippen LogP contribution >= 0.6 is 27.3 Å². The van der Waals surface area contributed by atoms with E-state index in [2.05, 4.69) is 21.2 Å². The van der Waals surface area contributed by atoms with Gasteiger partial charge in [-0.3, -0.25) is 4.79 Å². The highest BCUT2D eigenvalue weighted by atomic mass is 79.9. The van der Waals surface area contributed by atoms with Crippen molar-refractivity contribution in [2.75, 3.05) is 13.1 Å². The van der Waals surface area contributed by atoms with Gasteiger partial charge in [0, 0.05) is 26.1 Å². The Balaban J connectivity index is 2.03. The van der Waals surface area contributed by atoms with Crippen LogP contribution in [0.15, 0.2) is 20.1 Å². The summed E-state index contributed by atoms with van der Waals surface area (Å²) in [6.45, 7) is 2.37. The van der Waals surface area contributed by atoms with Crippen LogP contribution in [-0.4, -0.2) is 37.8 Å². The lowest BCUT2D eigenvalue weighted by Crippen LogP contribution is -2.45. The lowest BCUT2D eigenvalue weighted by Gasteiger charge is -2.30. The summed E-state index contributed by atoms with van der Waals surface area (Å²) in [6.07, 6.45) is 1.32. The molecule has 2 rings (SSSR count). The molecule has 1 aliphatic rings. The Hall–Kier alpha value is -0.440. The molecular formula is C11H15BrN2O3S2. The first-order valence-corrected chi connectivity index (χ1v) is 8.97. The van der Waals surface area contributed by atoms with Gasteiger partial charge in [-0.1, -0.05) is 0 Å². The van der Waals surface area contributed by atoms with Crippen molar-refractivity contribution in [3.05, 3.63) is 15.9 Å². The van der Waals surface area contributed by atoms with Crippen molar-refractivity contribution in [1.82, 2.24) is 9.62 Å². The van der Waals surface area contributed by atoms with Crippen molar-refractivity contribution in [2.24, 2.45) is 0 Å². The number of halogens is 1. The van der Waals surface area contributed by atoms with Crippen molar-refractivity contribution in [2.45, 2.75) is 30.0 Å². The highest BCUT2D eigenvalue weighted by Gasteiger charge is 2.30. The van der Waals surface area contributed by atoms with Crippen molar-refractivity contribution >= 4 is 43.2 Å². The first kappa shape index (κ1) is 15.0. The maximum absolute atomic E-state index is 12.4. The third-order valence-corrected chi connectivity index (χ3v) is 6.99. The molecule has 8 heteroatoms. The molecule has 1 aromatic heterocycles. The maximum atomic E-state index is 12.4. The molecule has 0 bridgehead atoms. The summed E-state index contributed by atoms with van der Waals surface area (Å²) in [4.78, 5) is 11.0. The van der Waals surface area contributed by atoms with Crippen LogP contribution in [0.2, 0.25) is 0 Å². The number of amides is 1. The monoisotopic (exact) mass is 366 g/mol. The maximum Gasteiger partial charge on any atom is 0.252 e. The van der Waals surface area contributed by atoms with Crippen LogP contribution in [0.25, 0.3) is 0 Å². The van der Waals surface area contributed by atoms with Crippen LogP contribution < -0.4 is 5.32 Å². The molecule has 1 amide bonds. The largest absolute Gasteiger partial charge is 0.354 e. The number of piperidine rings is 1. The fourth-order valence-corrected chi connectivity index (χ4v) is 5.73. The Bertz CT molecular complexity index is 562. The molecule has 1 aliphatic heterocycles. The van der Waals surface area contributed by atoms with E-state index in [-0.39, 0.29) is 11.9 Å². The van der Waals surface area contributed by atoms with Gasteiger partial charge in [-0.2, -0.15) is 4.31 Å². The minimum atomic E-state index is -3.38. The molecule has 1 fully saturated rings. The van der Waals surface area contributed by atoms with E-state index in [4.69, 9.17) is 0 Å². The van der Waals surface area contributed by atoms with E-state index >= 15 is 0 Å². The molecular weight excluding hydrogens is 352 g/mol. The third-order valence-electron chi connectivity index (χ3n) is 3.00. The van der Waals surface area contributed by atoms with Crippen LogP contribution in [0.3, 0.4) is 0 Å². The summed E-state index contributed by atoms with van der Waals surface area (Å²) >= 11 is 4.49. The van der Waals surface area contributed by atoms with E-state index in [0.717, 1.165) is 3.79 Å². The topological polar surface area (TPSA) is 66.5 Å². The van der Waals surface area contributed by atoms with E-state index in [1.807, 2.05) is 0 Å². The SMILES string of the molecule is CC(=O)NC1CCN(S(=O)(=O)c2ccc(Br)s2)CC1. The van der Waals surface area contributed by atoms with E-state index in [1.54, 1.807) is 12.1 Å². The summed E-state index contributed by atoms with van der Waals surface area (Å²) < 4.78 is 27.4. The van der Waals surface area contributed by atoms with Gasteiger partial charge in [-0.15, -0.1) is 11.3 Å². The van der Waals surface area contributed by atoms with Crippen molar-refractivity contribution in [1.29, 1.82) is 0 Å². The lowest BCUT2D eigenvalue weighted by molar-refractivity contribution is -0.119. The van der Waals surface area contributed by atoms with E-state index in [0.29, 0.717) is 30.1 Å². The second-order valence-corrected chi connectivity index (χ2v) is 9.07. The van der Waals surface area contributed by atoms with Gasteiger partial charge in [0.2, 0.25) is 5.91 Å². The predicted octanol–water partition coefficient (Wildman–Crippen LogP) is 1.80. The predicted molar refractivity (Wildman–Crippen MR) is 77.6 cm³/mol. The summed E-state index contributed by atoms with van der Waals surface area (Å²) in [7, 11) is -3.38. The van der Waals surface area contributed by atoms with Crippen molar-refractivity contribution in [3.8, 4) is 0 Å². The quantitative estimate of drug-likeness (QED) is 0.886. The number of nitrogens with one attached hydrogen (secondary N) is 1. The molecule has 106 valence electrons. The molecule has 0 atom stereocenters. The first-order chi connectivity index (χ1) is 8.89. The number of hydrogen-bond donors (Lipinski definition) is 1. The fraction of sp³-hybridized carbons (Fsp3) is 0.545. The van der Waals surface area contributed by atoms with Gasteiger partial charge in [-0.25, -0.2) is 8.42 Å². The number of nitrogens with zero attached hydrogens (tertiary/aromatic N) is 1. The Morgan fingerprint density at radius 1 is 1.42 bits per heavy atom. The first-order valence-electron chi connectivity index (χ1n) is 5.92. The van der Waals surface area contributed by atoms with Gasteiger partial charge in [-0.05, 0) is 40.9 Å². The molecule has 1 aromatic rings. The lowest BCUT2D eigenvalue weighted by atomic mass is 10.1. The highest BCUT2D eigenvalue weighted by molar-refractivity contribution is 9.11. The third kappa shape index (κ3) is 3.56. The van der Waals surface area contributed by atoms with E-state index in [1.165, 1.54) is 22.6 Å². The molecule has 0 spiro atoms. The molecule has 19 heavy (non-hydrogen) atoms. The Morgan fingerprint density at radius 3 is 2.53 bits per heavy atom. The molecule has 0 aliphatic carbocycles. The van der Waals surface area contributed by atoms with Gasteiger partial charge in [0.25, 0.3) is 10.0 Å². The number of hydrogen-bond acceptors (Lipinski definition) is 4. The average molecular weight is 367 g/mol. The summed E-state index contributed by atoms with van der Waals surface area (Å²) in [5, 5.41) is 2.83. The van der Waals surface area contributed by atoms with Crippen LogP contribution in [0.4, 0.5) is 0 Å². The number of carbonyl (C=O) groups excluding carboxylic acids is 1. The normalized spacial score (nSPS) is 18.4. The van der Waals surface area contributed by atoms with Gasteiger partial charge in [0.05, 0.1) is 3.79 Å². The fourth-order valence-electron chi connectivity index (χ4n) is 2.09. The average Bonchev–Trinajstić information content (AvgIpc) is 2.76. The zero-order chi connectivity index (χ0) is 14.0. The summed E-state index contributed by atoms with van der Waals surface area (Å²) in [5.74, 6) is -0.0662. The molecule has 0 unspecified atom stereocenters. The van der Waals surface area contributed by atoms with E-state index < -0.39 is 10.0 Å². The zero-order valence-electron chi connectivity index (χ0n) is 10.4. The van der Waals surface area contributed by atoms with Crippen molar-refractivity contribution < 1.29 is 13.2 Å². The second kappa shape index (κ2) is 5.90. The molecule has 2 heterocycles. The zero-order valence-corrected chi connectivity index (χ0v) is 13.6. The van der Waals surface area contributed by atoms with Gasteiger partial charge >= 0.3 is 0 Å². The number of sulfonamides is 1. The standard InChI is InChI=1S/C11H15BrN2O3S2/c1-8(15)13-9-4-6-14(7-5-9)19(16,17)11-3-2-10(12)18-11/h2-3,9H,4-7H2,1H3,(H,13,15). The minimum absolute atomic E-state index is 0.0662. The molecule has 1 saturated heterocycles. The number of carbonyl (C=O) groups is 1. The summed E-state index contributed by atoms with van der Waals surface area (Å²) in [5.41, 5.74) is 0.